The minimum atomic E-state index is -3.60. The topological polar surface area (TPSA) is 108 Å². The maximum absolute atomic E-state index is 13.0. The summed E-state index contributed by atoms with van der Waals surface area (Å²) >= 11 is 0. The van der Waals surface area contributed by atoms with Crippen molar-refractivity contribution in [3.63, 3.8) is 0 Å². The lowest BCUT2D eigenvalue weighted by Gasteiger charge is -2.34. The standard InChI is InChI=1S/C21H23N7O2S/c1-15-12-16(2)28(25-15)21-13-20(23-17(3)24-21)26-8-10-27(11-9-26)31(29,30)19-6-4-18(14-22)5-7-19/h4-7,12-13H,8-11H2,1-3H3. The molecule has 9 nitrogen and oxygen atoms in total. The molecule has 0 spiro atoms. The van der Waals surface area contributed by atoms with Gasteiger partial charge in [-0.15, -0.1) is 0 Å². The Bertz CT molecular complexity index is 1250. The van der Waals surface area contributed by atoms with Gasteiger partial charge < -0.3 is 4.90 Å². The molecule has 4 rings (SSSR count). The molecule has 160 valence electrons. The molecular formula is C21H23N7O2S. The number of piperazine rings is 1. The minimum Gasteiger partial charge on any atom is -0.354 e. The number of hydrogen-bond acceptors (Lipinski definition) is 7. The molecule has 2 aromatic heterocycles. The Kier molecular flexibility index (Phi) is 5.47. The number of nitriles is 1. The second-order valence-electron chi connectivity index (χ2n) is 7.50. The van der Waals surface area contributed by atoms with Crippen LogP contribution in [0.5, 0.6) is 0 Å². The molecule has 3 aromatic rings. The van der Waals surface area contributed by atoms with Gasteiger partial charge in [0.15, 0.2) is 5.82 Å². The molecule has 1 aromatic carbocycles. The second-order valence-corrected chi connectivity index (χ2v) is 9.44. The summed E-state index contributed by atoms with van der Waals surface area (Å²) in [6, 6.07) is 11.9. The van der Waals surface area contributed by atoms with E-state index >= 15 is 0 Å². The Morgan fingerprint density at radius 3 is 2.16 bits per heavy atom. The molecule has 1 fully saturated rings. The van der Waals surface area contributed by atoms with Gasteiger partial charge in [0.25, 0.3) is 0 Å². The molecular weight excluding hydrogens is 414 g/mol. The second kappa shape index (κ2) is 8.09. The molecule has 0 unspecified atom stereocenters. The highest BCUT2D eigenvalue weighted by atomic mass is 32.2. The first-order valence-electron chi connectivity index (χ1n) is 9.92. The number of hydrogen-bond donors (Lipinski definition) is 0. The van der Waals surface area contributed by atoms with Crippen molar-refractivity contribution in [2.45, 2.75) is 25.7 Å². The number of anilines is 1. The Hall–Kier alpha value is -3.29. The van der Waals surface area contributed by atoms with E-state index in [1.165, 1.54) is 28.6 Å². The summed E-state index contributed by atoms with van der Waals surface area (Å²) < 4.78 is 29.2. The fourth-order valence-electron chi connectivity index (χ4n) is 3.68. The Morgan fingerprint density at radius 1 is 0.935 bits per heavy atom. The molecule has 3 heterocycles. The Morgan fingerprint density at radius 2 is 1.58 bits per heavy atom. The molecule has 0 N–H and O–H groups in total. The van der Waals surface area contributed by atoms with E-state index in [1.54, 1.807) is 4.68 Å². The fourth-order valence-corrected chi connectivity index (χ4v) is 5.10. The van der Waals surface area contributed by atoms with E-state index in [0.29, 0.717) is 43.4 Å². The predicted octanol–water partition coefficient (Wildman–Crippen LogP) is 1.97. The number of sulfonamides is 1. The summed E-state index contributed by atoms with van der Waals surface area (Å²) in [7, 11) is -3.60. The molecule has 0 radical (unpaired) electrons. The van der Waals surface area contributed by atoms with Gasteiger partial charge in [0.2, 0.25) is 10.0 Å². The molecule has 0 amide bonds. The monoisotopic (exact) mass is 437 g/mol. The number of nitrogens with zero attached hydrogens (tertiary/aromatic N) is 7. The number of aromatic nitrogens is 4. The lowest BCUT2D eigenvalue weighted by atomic mass is 10.2. The minimum absolute atomic E-state index is 0.199. The van der Waals surface area contributed by atoms with E-state index in [1.807, 2.05) is 39.0 Å². The van der Waals surface area contributed by atoms with Gasteiger partial charge in [0, 0.05) is 37.9 Å². The van der Waals surface area contributed by atoms with Crippen LogP contribution in [0, 0.1) is 32.1 Å². The van der Waals surface area contributed by atoms with Gasteiger partial charge in [-0.25, -0.2) is 23.1 Å². The lowest BCUT2D eigenvalue weighted by Crippen LogP contribution is -2.49. The van der Waals surface area contributed by atoms with Gasteiger partial charge in [-0.2, -0.15) is 14.7 Å². The van der Waals surface area contributed by atoms with Gasteiger partial charge in [0.05, 0.1) is 22.2 Å². The smallest absolute Gasteiger partial charge is 0.243 e. The lowest BCUT2D eigenvalue weighted by molar-refractivity contribution is 0.383. The van der Waals surface area contributed by atoms with E-state index in [0.717, 1.165) is 17.2 Å². The molecule has 10 heteroatoms. The molecule has 1 aliphatic heterocycles. The van der Waals surface area contributed by atoms with Crippen molar-refractivity contribution in [3.8, 4) is 11.9 Å². The highest BCUT2D eigenvalue weighted by molar-refractivity contribution is 7.89. The van der Waals surface area contributed by atoms with Crippen LogP contribution in [0.2, 0.25) is 0 Å². The third kappa shape index (κ3) is 4.15. The molecule has 1 aliphatic rings. The Labute approximate surface area is 181 Å². The van der Waals surface area contributed by atoms with Gasteiger partial charge in [-0.3, -0.25) is 0 Å². The molecule has 0 atom stereocenters. The molecule has 31 heavy (non-hydrogen) atoms. The van der Waals surface area contributed by atoms with Crippen LogP contribution in [0.15, 0.2) is 41.3 Å². The molecule has 0 bridgehead atoms. The van der Waals surface area contributed by atoms with Gasteiger partial charge >= 0.3 is 0 Å². The van der Waals surface area contributed by atoms with Crippen LogP contribution in [0.4, 0.5) is 5.82 Å². The number of benzene rings is 1. The van der Waals surface area contributed by atoms with E-state index in [4.69, 9.17) is 5.26 Å². The molecule has 0 saturated carbocycles. The van der Waals surface area contributed by atoms with E-state index in [9.17, 15) is 8.42 Å². The highest BCUT2D eigenvalue weighted by Crippen LogP contribution is 2.22. The van der Waals surface area contributed by atoms with Crippen molar-refractivity contribution in [2.24, 2.45) is 0 Å². The van der Waals surface area contributed by atoms with Crippen molar-refractivity contribution < 1.29 is 8.42 Å². The van der Waals surface area contributed by atoms with Crippen molar-refractivity contribution in [3.05, 3.63) is 59.2 Å². The zero-order chi connectivity index (χ0) is 22.2. The summed E-state index contributed by atoms with van der Waals surface area (Å²) in [6.45, 7) is 7.48. The van der Waals surface area contributed by atoms with E-state index in [-0.39, 0.29) is 4.90 Å². The third-order valence-electron chi connectivity index (χ3n) is 5.22. The van der Waals surface area contributed by atoms with Crippen molar-refractivity contribution in [1.29, 1.82) is 5.26 Å². The van der Waals surface area contributed by atoms with Crippen LogP contribution >= 0.6 is 0 Å². The maximum Gasteiger partial charge on any atom is 0.243 e. The van der Waals surface area contributed by atoms with E-state index < -0.39 is 10.0 Å². The zero-order valence-corrected chi connectivity index (χ0v) is 18.5. The van der Waals surface area contributed by atoms with Crippen LogP contribution in [0.1, 0.15) is 22.8 Å². The van der Waals surface area contributed by atoms with Gasteiger partial charge in [-0.05, 0) is 51.1 Å². The van der Waals surface area contributed by atoms with Crippen LogP contribution in [0.25, 0.3) is 5.82 Å². The van der Waals surface area contributed by atoms with Crippen LogP contribution in [-0.4, -0.2) is 58.7 Å². The van der Waals surface area contributed by atoms with Crippen molar-refractivity contribution >= 4 is 15.8 Å². The quantitative estimate of drug-likeness (QED) is 0.614. The Balaban J connectivity index is 1.52. The normalized spacial score (nSPS) is 15.1. The fraction of sp³-hybridized carbons (Fsp3) is 0.333. The average molecular weight is 438 g/mol. The van der Waals surface area contributed by atoms with Crippen molar-refractivity contribution in [1.82, 2.24) is 24.1 Å². The third-order valence-corrected chi connectivity index (χ3v) is 7.13. The zero-order valence-electron chi connectivity index (χ0n) is 17.6. The average Bonchev–Trinajstić information content (AvgIpc) is 3.11. The summed E-state index contributed by atoms with van der Waals surface area (Å²) in [5, 5.41) is 13.4. The van der Waals surface area contributed by atoms with Crippen LogP contribution in [0.3, 0.4) is 0 Å². The molecule has 0 aliphatic carbocycles. The predicted molar refractivity (Wildman–Crippen MR) is 115 cm³/mol. The first kappa shape index (κ1) is 21.0. The van der Waals surface area contributed by atoms with E-state index in [2.05, 4.69) is 20.0 Å². The first-order chi connectivity index (χ1) is 14.8. The summed E-state index contributed by atoms with van der Waals surface area (Å²) in [5.74, 6) is 2.08. The summed E-state index contributed by atoms with van der Waals surface area (Å²) in [4.78, 5) is 11.3. The number of rotatable bonds is 4. The maximum atomic E-state index is 13.0. The molecule has 1 saturated heterocycles. The van der Waals surface area contributed by atoms with Gasteiger partial charge in [0.1, 0.15) is 11.6 Å². The number of aryl methyl sites for hydroxylation is 3. The SMILES string of the molecule is Cc1cc(C)n(-c2cc(N3CCN(S(=O)(=O)c4ccc(C#N)cc4)CC3)nc(C)n2)n1. The van der Waals surface area contributed by atoms with Gasteiger partial charge in [-0.1, -0.05) is 0 Å². The van der Waals surface area contributed by atoms with Crippen LogP contribution < -0.4 is 4.90 Å². The highest BCUT2D eigenvalue weighted by Gasteiger charge is 2.29. The first-order valence-corrected chi connectivity index (χ1v) is 11.4. The van der Waals surface area contributed by atoms with Crippen LogP contribution in [-0.2, 0) is 10.0 Å². The van der Waals surface area contributed by atoms with Crippen molar-refractivity contribution in [2.75, 3.05) is 31.1 Å². The summed E-state index contributed by atoms with van der Waals surface area (Å²) in [6.07, 6.45) is 0. The largest absolute Gasteiger partial charge is 0.354 e. The summed E-state index contributed by atoms with van der Waals surface area (Å²) in [5.41, 5.74) is 2.33.